The zero-order valence-electron chi connectivity index (χ0n) is 11.1. The minimum atomic E-state index is -0.0769. The monoisotopic (exact) mass is 354 g/mol. The Kier molecular flexibility index (Phi) is 5.43. The first-order chi connectivity index (χ1) is 9.65. The van der Waals surface area contributed by atoms with Crippen molar-refractivity contribution < 1.29 is 4.74 Å². The van der Waals surface area contributed by atoms with Crippen LogP contribution in [0.2, 0.25) is 5.02 Å². The van der Waals surface area contributed by atoms with E-state index in [9.17, 15) is 0 Å². The van der Waals surface area contributed by atoms with Crippen LogP contribution in [0.1, 0.15) is 17.2 Å². The van der Waals surface area contributed by atoms with Crippen LogP contribution in [-0.2, 0) is 6.42 Å². The lowest BCUT2D eigenvalue weighted by atomic mass is 9.99. The molecule has 5 heteroatoms. The second-order valence-electron chi connectivity index (χ2n) is 4.40. The molecule has 1 unspecified atom stereocenters. The number of hydrogen-bond donors (Lipinski definition) is 2. The molecule has 2 aromatic rings. The summed E-state index contributed by atoms with van der Waals surface area (Å²) >= 11 is 9.71. The number of rotatable bonds is 5. The molecule has 0 aliphatic heterocycles. The van der Waals surface area contributed by atoms with Gasteiger partial charge in [-0.1, -0.05) is 45.7 Å². The fraction of sp³-hybridized carbons (Fsp3) is 0.200. The number of hydrazine groups is 1. The Labute approximate surface area is 132 Å². The molecule has 0 fully saturated rings. The molecule has 0 radical (unpaired) electrons. The number of nitrogens with one attached hydrogen (secondary N) is 1. The lowest BCUT2D eigenvalue weighted by Gasteiger charge is -2.19. The Hall–Kier alpha value is -1.07. The third-order valence-corrected chi connectivity index (χ3v) is 3.99. The van der Waals surface area contributed by atoms with Crippen molar-refractivity contribution in [3.05, 3.63) is 63.1 Å². The molecule has 2 aromatic carbocycles. The zero-order valence-corrected chi connectivity index (χ0v) is 13.4. The molecule has 0 aromatic heterocycles. The summed E-state index contributed by atoms with van der Waals surface area (Å²) < 4.78 is 6.39. The Balaban J connectivity index is 2.31. The van der Waals surface area contributed by atoms with Gasteiger partial charge in [0.1, 0.15) is 5.75 Å². The van der Waals surface area contributed by atoms with Crippen molar-refractivity contribution in [3.8, 4) is 5.75 Å². The summed E-state index contributed by atoms with van der Waals surface area (Å²) in [5, 5.41) is 0.699. The Morgan fingerprint density at radius 2 is 2.05 bits per heavy atom. The lowest BCUT2D eigenvalue weighted by Crippen LogP contribution is -2.29. The molecule has 1 atom stereocenters. The van der Waals surface area contributed by atoms with Crippen LogP contribution in [0.4, 0.5) is 0 Å². The molecule has 0 saturated heterocycles. The van der Waals surface area contributed by atoms with Gasteiger partial charge in [0.25, 0.3) is 0 Å². The largest absolute Gasteiger partial charge is 0.496 e. The summed E-state index contributed by atoms with van der Waals surface area (Å²) in [5.74, 6) is 6.52. The predicted octanol–water partition coefficient (Wildman–Crippen LogP) is 3.86. The van der Waals surface area contributed by atoms with Crippen LogP contribution in [0, 0.1) is 0 Å². The number of benzene rings is 2. The van der Waals surface area contributed by atoms with E-state index < -0.39 is 0 Å². The van der Waals surface area contributed by atoms with Crippen LogP contribution >= 0.6 is 27.5 Å². The third-order valence-electron chi connectivity index (χ3n) is 3.15. The standard InChI is InChI=1S/C15H16BrClN2O/c1-20-15-7-6-11(16)8-10(15)9-14(19-18)12-4-2-3-5-13(12)17/h2-8,14,19H,9,18H2,1H3. The second kappa shape index (κ2) is 7.09. The number of nitrogens with two attached hydrogens (primary N) is 1. The van der Waals surface area contributed by atoms with Crippen molar-refractivity contribution in [2.45, 2.75) is 12.5 Å². The van der Waals surface area contributed by atoms with E-state index in [4.69, 9.17) is 22.2 Å². The predicted molar refractivity (Wildman–Crippen MR) is 85.9 cm³/mol. The van der Waals surface area contributed by atoms with E-state index in [1.54, 1.807) is 7.11 Å². The molecule has 0 heterocycles. The molecule has 0 spiro atoms. The molecular formula is C15H16BrClN2O. The number of ether oxygens (including phenoxy) is 1. The maximum absolute atomic E-state index is 6.23. The average Bonchev–Trinajstić information content (AvgIpc) is 2.46. The van der Waals surface area contributed by atoms with E-state index in [1.807, 2.05) is 42.5 Å². The molecule has 0 aliphatic rings. The van der Waals surface area contributed by atoms with Gasteiger partial charge in [-0.15, -0.1) is 0 Å². The van der Waals surface area contributed by atoms with Gasteiger partial charge in [0.15, 0.2) is 0 Å². The molecule has 0 amide bonds. The van der Waals surface area contributed by atoms with E-state index in [2.05, 4.69) is 21.4 Å². The molecule has 3 nitrogen and oxygen atoms in total. The summed E-state index contributed by atoms with van der Waals surface area (Å²) in [6.45, 7) is 0. The summed E-state index contributed by atoms with van der Waals surface area (Å²) in [4.78, 5) is 0. The summed E-state index contributed by atoms with van der Waals surface area (Å²) in [6.07, 6.45) is 0.683. The number of methoxy groups -OCH3 is 1. The first kappa shape index (κ1) is 15.3. The van der Waals surface area contributed by atoms with Gasteiger partial charge in [0.2, 0.25) is 0 Å². The normalized spacial score (nSPS) is 12.2. The van der Waals surface area contributed by atoms with Crippen LogP contribution in [0.5, 0.6) is 5.75 Å². The van der Waals surface area contributed by atoms with Gasteiger partial charge in [-0.2, -0.15) is 0 Å². The SMILES string of the molecule is COc1ccc(Br)cc1CC(NN)c1ccccc1Cl. The smallest absolute Gasteiger partial charge is 0.122 e. The van der Waals surface area contributed by atoms with E-state index in [0.29, 0.717) is 11.4 Å². The van der Waals surface area contributed by atoms with Crippen LogP contribution in [0.25, 0.3) is 0 Å². The quantitative estimate of drug-likeness (QED) is 0.632. The number of hydrogen-bond acceptors (Lipinski definition) is 3. The highest BCUT2D eigenvalue weighted by Crippen LogP contribution is 2.30. The summed E-state index contributed by atoms with van der Waals surface area (Å²) in [6, 6.07) is 13.5. The minimum absolute atomic E-state index is 0.0769. The highest BCUT2D eigenvalue weighted by atomic mass is 79.9. The van der Waals surface area contributed by atoms with Crippen LogP contribution < -0.4 is 16.0 Å². The maximum Gasteiger partial charge on any atom is 0.122 e. The van der Waals surface area contributed by atoms with Crippen molar-refractivity contribution in [1.82, 2.24) is 5.43 Å². The van der Waals surface area contributed by atoms with Crippen LogP contribution in [0.3, 0.4) is 0 Å². The highest BCUT2D eigenvalue weighted by Gasteiger charge is 2.16. The fourth-order valence-corrected chi connectivity index (χ4v) is 2.82. The van der Waals surface area contributed by atoms with Crippen molar-refractivity contribution in [3.63, 3.8) is 0 Å². The summed E-state index contributed by atoms with van der Waals surface area (Å²) in [5.41, 5.74) is 4.85. The molecule has 0 bridgehead atoms. The maximum atomic E-state index is 6.23. The molecule has 106 valence electrons. The van der Waals surface area contributed by atoms with Crippen LogP contribution in [-0.4, -0.2) is 7.11 Å². The minimum Gasteiger partial charge on any atom is -0.496 e. The van der Waals surface area contributed by atoms with Gasteiger partial charge in [0.05, 0.1) is 13.2 Å². The van der Waals surface area contributed by atoms with Gasteiger partial charge in [-0.3, -0.25) is 11.3 Å². The van der Waals surface area contributed by atoms with E-state index in [1.165, 1.54) is 0 Å². The van der Waals surface area contributed by atoms with Gasteiger partial charge in [0, 0.05) is 9.50 Å². The lowest BCUT2D eigenvalue weighted by molar-refractivity contribution is 0.405. The van der Waals surface area contributed by atoms with Crippen LogP contribution in [0.15, 0.2) is 46.9 Å². The van der Waals surface area contributed by atoms with Crippen molar-refractivity contribution in [2.24, 2.45) is 5.84 Å². The first-order valence-corrected chi connectivity index (χ1v) is 7.35. The third kappa shape index (κ3) is 3.52. The topological polar surface area (TPSA) is 47.3 Å². The molecular weight excluding hydrogens is 340 g/mol. The Bertz CT molecular complexity index is 592. The van der Waals surface area contributed by atoms with Crippen molar-refractivity contribution in [2.75, 3.05) is 7.11 Å². The van der Waals surface area contributed by atoms with E-state index >= 15 is 0 Å². The Morgan fingerprint density at radius 1 is 1.30 bits per heavy atom. The van der Waals surface area contributed by atoms with Gasteiger partial charge in [-0.25, -0.2) is 0 Å². The molecule has 2 rings (SSSR count). The van der Waals surface area contributed by atoms with Gasteiger partial charge in [-0.05, 0) is 41.8 Å². The molecule has 0 saturated carbocycles. The van der Waals surface area contributed by atoms with Crippen molar-refractivity contribution >= 4 is 27.5 Å². The second-order valence-corrected chi connectivity index (χ2v) is 5.72. The zero-order chi connectivity index (χ0) is 14.5. The fourth-order valence-electron chi connectivity index (χ4n) is 2.14. The Morgan fingerprint density at radius 3 is 2.70 bits per heavy atom. The average molecular weight is 356 g/mol. The first-order valence-electron chi connectivity index (χ1n) is 6.18. The highest BCUT2D eigenvalue weighted by molar-refractivity contribution is 9.10. The molecule has 0 aliphatic carbocycles. The summed E-state index contributed by atoms with van der Waals surface area (Å²) in [7, 11) is 1.66. The van der Waals surface area contributed by atoms with E-state index in [-0.39, 0.29) is 6.04 Å². The number of halogens is 2. The van der Waals surface area contributed by atoms with Gasteiger partial charge < -0.3 is 4.74 Å². The van der Waals surface area contributed by atoms with Gasteiger partial charge >= 0.3 is 0 Å². The molecule has 3 N–H and O–H groups in total. The molecule has 20 heavy (non-hydrogen) atoms. The van der Waals surface area contributed by atoms with E-state index in [0.717, 1.165) is 21.3 Å². The van der Waals surface area contributed by atoms with Crippen molar-refractivity contribution in [1.29, 1.82) is 0 Å².